The summed E-state index contributed by atoms with van der Waals surface area (Å²) < 4.78 is 15.8. The van der Waals surface area contributed by atoms with Crippen LogP contribution in [-0.4, -0.2) is 25.7 Å². The Kier molecular flexibility index (Phi) is 4.97. The number of aromatic amines is 1. The molecule has 0 atom stereocenters. The molecule has 0 unspecified atom stereocenters. The number of nitriles is 1. The third kappa shape index (κ3) is 3.95. The van der Waals surface area contributed by atoms with Crippen LogP contribution in [-0.2, 0) is 13.1 Å². The van der Waals surface area contributed by atoms with E-state index in [0.717, 1.165) is 5.56 Å². The molecule has 4 aromatic rings. The molecule has 0 saturated carbocycles. The van der Waals surface area contributed by atoms with Gasteiger partial charge in [0.05, 0.1) is 28.9 Å². The number of pyridine rings is 1. The second-order valence-corrected chi connectivity index (χ2v) is 6.84. The first-order chi connectivity index (χ1) is 14.0. The van der Waals surface area contributed by atoms with Gasteiger partial charge in [-0.25, -0.2) is 4.39 Å². The molecule has 4 rings (SSSR count). The van der Waals surface area contributed by atoms with Crippen molar-refractivity contribution in [2.45, 2.75) is 13.1 Å². The largest absolute Gasteiger partial charge is 0.360 e. The van der Waals surface area contributed by atoms with Gasteiger partial charge in [-0.05, 0) is 23.8 Å². The molecule has 0 spiro atoms. The van der Waals surface area contributed by atoms with Gasteiger partial charge in [0, 0.05) is 47.8 Å². The number of rotatable bonds is 5. The van der Waals surface area contributed by atoms with E-state index >= 15 is 0 Å². The molecule has 144 valence electrons. The Hall–Kier alpha value is -3.70. The van der Waals surface area contributed by atoms with Gasteiger partial charge in [0.25, 0.3) is 5.91 Å². The van der Waals surface area contributed by atoms with Crippen LogP contribution in [0.1, 0.15) is 27.0 Å². The summed E-state index contributed by atoms with van der Waals surface area (Å²) in [6, 6.07) is 6.65. The van der Waals surface area contributed by atoms with E-state index in [1.54, 1.807) is 35.4 Å². The fraction of sp³-hybridized carbons (Fsp3) is 0.100. The summed E-state index contributed by atoms with van der Waals surface area (Å²) in [6.45, 7) is 0.379. The standard InChI is InChI=1S/C20H14ClFN6O/c21-17-9-25-19-3-18(22)14(2-16(17)19)8-26-20(29)15-1-12(5-24-7-15)10-28-11-13(4-23)6-27-28/h1-3,5-7,9,11,25H,8,10H2,(H,26,29). The van der Waals surface area contributed by atoms with Crippen molar-refractivity contribution in [2.24, 2.45) is 0 Å². The number of halogens is 2. The van der Waals surface area contributed by atoms with Crippen LogP contribution in [0.2, 0.25) is 5.02 Å². The molecule has 2 N–H and O–H groups in total. The monoisotopic (exact) mass is 408 g/mol. The molecular formula is C20H14ClFN6O. The first kappa shape index (κ1) is 18.7. The number of hydrogen-bond donors (Lipinski definition) is 2. The van der Waals surface area contributed by atoms with Gasteiger partial charge in [0.1, 0.15) is 11.9 Å². The third-order valence-electron chi connectivity index (χ3n) is 4.40. The molecule has 0 aliphatic rings. The van der Waals surface area contributed by atoms with Crippen molar-refractivity contribution >= 4 is 28.4 Å². The average Bonchev–Trinajstić information content (AvgIpc) is 3.32. The summed E-state index contributed by atoms with van der Waals surface area (Å²) >= 11 is 6.08. The number of H-pyrrole nitrogens is 1. The van der Waals surface area contributed by atoms with E-state index in [1.807, 2.05) is 6.07 Å². The van der Waals surface area contributed by atoms with E-state index in [0.29, 0.717) is 39.2 Å². The fourth-order valence-electron chi connectivity index (χ4n) is 2.96. The number of amides is 1. The van der Waals surface area contributed by atoms with E-state index in [-0.39, 0.29) is 12.5 Å². The van der Waals surface area contributed by atoms with Gasteiger partial charge >= 0.3 is 0 Å². The number of hydrogen-bond acceptors (Lipinski definition) is 4. The minimum absolute atomic E-state index is 0.0109. The number of carbonyl (C=O) groups excluding carboxylic acids is 1. The Morgan fingerprint density at radius 1 is 1.31 bits per heavy atom. The predicted octanol–water partition coefficient (Wildman–Crippen LogP) is 3.40. The fourth-order valence-corrected chi connectivity index (χ4v) is 3.17. The zero-order valence-corrected chi connectivity index (χ0v) is 15.7. The quantitative estimate of drug-likeness (QED) is 0.528. The lowest BCUT2D eigenvalue weighted by molar-refractivity contribution is 0.0950. The van der Waals surface area contributed by atoms with Gasteiger partial charge < -0.3 is 10.3 Å². The number of fused-ring (bicyclic) bond motifs is 1. The van der Waals surface area contributed by atoms with Crippen molar-refractivity contribution in [3.05, 3.63) is 82.3 Å². The Morgan fingerprint density at radius 3 is 2.97 bits per heavy atom. The maximum absolute atomic E-state index is 14.3. The van der Waals surface area contributed by atoms with Gasteiger partial charge in [-0.15, -0.1) is 0 Å². The highest BCUT2D eigenvalue weighted by atomic mass is 35.5. The van der Waals surface area contributed by atoms with E-state index < -0.39 is 5.82 Å². The Balaban J connectivity index is 1.47. The maximum Gasteiger partial charge on any atom is 0.253 e. The molecule has 0 bridgehead atoms. The predicted molar refractivity (Wildman–Crippen MR) is 105 cm³/mol. The maximum atomic E-state index is 14.3. The molecule has 0 radical (unpaired) electrons. The number of benzene rings is 1. The molecule has 0 aliphatic heterocycles. The van der Waals surface area contributed by atoms with Crippen LogP contribution in [0.3, 0.4) is 0 Å². The lowest BCUT2D eigenvalue weighted by Gasteiger charge is -2.08. The molecule has 1 aromatic carbocycles. The average molecular weight is 409 g/mol. The summed E-state index contributed by atoms with van der Waals surface area (Å²) in [5.74, 6) is -0.813. The zero-order valence-electron chi connectivity index (χ0n) is 15.0. The molecule has 3 heterocycles. The van der Waals surface area contributed by atoms with Crippen molar-refractivity contribution in [1.29, 1.82) is 5.26 Å². The van der Waals surface area contributed by atoms with E-state index in [9.17, 15) is 9.18 Å². The minimum atomic E-state index is -0.435. The molecule has 9 heteroatoms. The highest BCUT2D eigenvalue weighted by molar-refractivity contribution is 6.35. The van der Waals surface area contributed by atoms with E-state index in [1.165, 1.54) is 18.5 Å². The number of carbonyl (C=O) groups is 1. The Labute approximate surface area is 169 Å². The van der Waals surface area contributed by atoms with Gasteiger partial charge in [-0.2, -0.15) is 10.4 Å². The van der Waals surface area contributed by atoms with Crippen molar-refractivity contribution in [2.75, 3.05) is 0 Å². The summed E-state index contributed by atoms with van der Waals surface area (Å²) in [5, 5.41) is 16.8. The normalized spacial score (nSPS) is 10.8. The summed E-state index contributed by atoms with van der Waals surface area (Å²) in [5.41, 5.74) is 2.47. The molecule has 0 saturated heterocycles. The topological polar surface area (TPSA) is 99.4 Å². The summed E-state index contributed by atoms with van der Waals surface area (Å²) in [6.07, 6.45) is 7.71. The van der Waals surface area contributed by atoms with Crippen LogP contribution in [0.15, 0.2) is 49.2 Å². The number of nitrogens with zero attached hydrogens (tertiary/aromatic N) is 4. The Bertz CT molecular complexity index is 1260. The number of nitrogens with one attached hydrogen (secondary N) is 2. The summed E-state index contributed by atoms with van der Waals surface area (Å²) in [7, 11) is 0. The SMILES string of the molecule is N#Cc1cnn(Cc2cncc(C(=O)NCc3cc4c(Cl)c[nH]c4cc3F)c2)c1. The highest BCUT2D eigenvalue weighted by Crippen LogP contribution is 2.25. The van der Waals surface area contributed by atoms with E-state index in [4.69, 9.17) is 16.9 Å². The molecule has 29 heavy (non-hydrogen) atoms. The van der Waals surface area contributed by atoms with Crippen LogP contribution < -0.4 is 5.32 Å². The van der Waals surface area contributed by atoms with Gasteiger partial charge in [-0.1, -0.05) is 11.6 Å². The second kappa shape index (κ2) is 7.73. The smallest absolute Gasteiger partial charge is 0.253 e. The van der Waals surface area contributed by atoms with Crippen molar-refractivity contribution in [3.8, 4) is 6.07 Å². The van der Waals surface area contributed by atoms with Crippen LogP contribution in [0, 0.1) is 17.1 Å². The second-order valence-electron chi connectivity index (χ2n) is 6.43. The third-order valence-corrected chi connectivity index (χ3v) is 4.71. The lowest BCUT2D eigenvalue weighted by atomic mass is 10.1. The molecule has 3 aromatic heterocycles. The van der Waals surface area contributed by atoms with Gasteiger partial charge in [0.2, 0.25) is 0 Å². The van der Waals surface area contributed by atoms with Crippen molar-refractivity contribution in [1.82, 2.24) is 25.1 Å². The highest BCUT2D eigenvalue weighted by Gasteiger charge is 2.12. The lowest BCUT2D eigenvalue weighted by Crippen LogP contribution is -2.23. The summed E-state index contributed by atoms with van der Waals surface area (Å²) in [4.78, 5) is 19.5. The van der Waals surface area contributed by atoms with Gasteiger partial charge in [-0.3, -0.25) is 14.5 Å². The minimum Gasteiger partial charge on any atom is -0.360 e. The molecule has 1 amide bonds. The molecule has 0 fully saturated rings. The van der Waals surface area contributed by atoms with Crippen molar-refractivity contribution < 1.29 is 9.18 Å². The first-order valence-electron chi connectivity index (χ1n) is 8.63. The van der Waals surface area contributed by atoms with Crippen LogP contribution >= 0.6 is 11.6 Å². The Morgan fingerprint density at radius 2 is 2.17 bits per heavy atom. The van der Waals surface area contributed by atoms with Gasteiger partial charge in [0.15, 0.2) is 0 Å². The molecular weight excluding hydrogens is 395 g/mol. The zero-order chi connectivity index (χ0) is 20.4. The van der Waals surface area contributed by atoms with Crippen LogP contribution in [0.4, 0.5) is 4.39 Å². The van der Waals surface area contributed by atoms with Crippen LogP contribution in [0.25, 0.3) is 10.9 Å². The molecule has 0 aliphatic carbocycles. The van der Waals surface area contributed by atoms with E-state index in [2.05, 4.69) is 20.4 Å². The number of aromatic nitrogens is 4. The molecule has 7 nitrogen and oxygen atoms in total. The van der Waals surface area contributed by atoms with Crippen molar-refractivity contribution in [3.63, 3.8) is 0 Å². The first-order valence-corrected chi connectivity index (χ1v) is 9.01. The van der Waals surface area contributed by atoms with Crippen LogP contribution in [0.5, 0.6) is 0 Å².